The van der Waals surface area contributed by atoms with Crippen molar-refractivity contribution in [3.63, 3.8) is 0 Å². The van der Waals surface area contributed by atoms with E-state index in [0.29, 0.717) is 6.04 Å². The van der Waals surface area contributed by atoms with Gasteiger partial charge in [0.2, 0.25) is 0 Å². The van der Waals surface area contributed by atoms with E-state index in [-0.39, 0.29) is 0 Å². The molecule has 0 aromatic carbocycles. The Balaban J connectivity index is 1.93. The van der Waals surface area contributed by atoms with Crippen LogP contribution in [0.25, 0.3) is 0 Å². The second kappa shape index (κ2) is 3.00. The van der Waals surface area contributed by atoms with Crippen LogP contribution in [0.2, 0.25) is 0 Å². The molecule has 2 nitrogen and oxygen atoms in total. The molecule has 2 N–H and O–H groups in total. The fourth-order valence-electron chi connectivity index (χ4n) is 2.80. The monoisotopic (exact) mass is 168 g/mol. The van der Waals surface area contributed by atoms with E-state index in [9.17, 15) is 0 Å². The van der Waals surface area contributed by atoms with Crippen molar-refractivity contribution in [2.45, 2.75) is 38.8 Å². The van der Waals surface area contributed by atoms with E-state index in [1.54, 1.807) is 0 Å². The first-order valence-corrected chi connectivity index (χ1v) is 5.16. The number of fused-ring (bicyclic) bond motifs is 1. The largest absolute Gasteiger partial charge is 0.328 e. The van der Waals surface area contributed by atoms with Crippen molar-refractivity contribution in [3.05, 3.63) is 0 Å². The molecule has 2 heteroatoms. The standard InChI is InChI=1S/C10H20N2/c1-7(2)12-5-8-3-10(11)4-9(8)6-12/h7-10H,3-6,11H2,1-2H3/t8-,9+,10+. The Morgan fingerprint density at radius 1 is 1.17 bits per heavy atom. The summed E-state index contributed by atoms with van der Waals surface area (Å²) in [5.74, 6) is 1.84. The molecule has 0 radical (unpaired) electrons. The van der Waals surface area contributed by atoms with Gasteiger partial charge in [0, 0.05) is 25.2 Å². The lowest BCUT2D eigenvalue weighted by atomic mass is 10.0. The van der Waals surface area contributed by atoms with Crippen LogP contribution in [0.15, 0.2) is 0 Å². The highest BCUT2D eigenvalue weighted by Crippen LogP contribution is 2.37. The van der Waals surface area contributed by atoms with Crippen molar-refractivity contribution >= 4 is 0 Å². The zero-order chi connectivity index (χ0) is 8.72. The summed E-state index contributed by atoms with van der Waals surface area (Å²) in [5.41, 5.74) is 5.93. The van der Waals surface area contributed by atoms with Gasteiger partial charge in [-0.3, -0.25) is 0 Å². The van der Waals surface area contributed by atoms with Crippen LogP contribution in [0.5, 0.6) is 0 Å². The molecule has 1 aliphatic carbocycles. The highest BCUT2D eigenvalue weighted by Gasteiger charge is 2.39. The van der Waals surface area contributed by atoms with Gasteiger partial charge in [-0.1, -0.05) is 0 Å². The van der Waals surface area contributed by atoms with E-state index in [4.69, 9.17) is 5.73 Å². The van der Waals surface area contributed by atoms with Gasteiger partial charge in [0.05, 0.1) is 0 Å². The number of hydrogen-bond acceptors (Lipinski definition) is 2. The number of hydrogen-bond donors (Lipinski definition) is 1. The van der Waals surface area contributed by atoms with E-state index >= 15 is 0 Å². The van der Waals surface area contributed by atoms with Crippen LogP contribution in [0, 0.1) is 11.8 Å². The molecule has 3 atom stereocenters. The molecule has 70 valence electrons. The van der Waals surface area contributed by atoms with Crippen molar-refractivity contribution in [3.8, 4) is 0 Å². The molecular formula is C10H20N2. The quantitative estimate of drug-likeness (QED) is 0.634. The van der Waals surface area contributed by atoms with Gasteiger partial charge in [0.1, 0.15) is 0 Å². The Kier molecular flexibility index (Phi) is 2.13. The number of nitrogens with two attached hydrogens (primary N) is 1. The molecule has 1 saturated heterocycles. The summed E-state index contributed by atoms with van der Waals surface area (Å²) >= 11 is 0. The summed E-state index contributed by atoms with van der Waals surface area (Å²) in [6.07, 6.45) is 2.54. The first-order valence-electron chi connectivity index (χ1n) is 5.16. The molecule has 0 aromatic rings. The average molecular weight is 168 g/mol. The van der Waals surface area contributed by atoms with Gasteiger partial charge in [0.25, 0.3) is 0 Å². The molecule has 1 aliphatic heterocycles. The van der Waals surface area contributed by atoms with Gasteiger partial charge in [-0.2, -0.15) is 0 Å². The highest BCUT2D eigenvalue weighted by molar-refractivity contribution is 4.94. The molecule has 1 saturated carbocycles. The minimum atomic E-state index is 0.509. The zero-order valence-corrected chi connectivity index (χ0v) is 8.16. The summed E-state index contributed by atoms with van der Waals surface area (Å²) in [6.45, 7) is 7.19. The maximum Gasteiger partial charge on any atom is 0.00452 e. The first-order chi connectivity index (χ1) is 5.66. The predicted octanol–water partition coefficient (Wildman–Crippen LogP) is 1.06. The molecule has 0 unspecified atom stereocenters. The average Bonchev–Trinajstić information content (AvgIpc) is 2.42. The maximum absolute atomic E-state index is 5.93. The number of rotatable bonds is 1. The lowest BCUT2D eigenvalue weighted by molar-refractivity contribution is 0.252. The van der Waals surface area contributed by atoms with Crippen molar-refractivity contribution < 1.29 is 0 Å². The maximum atomic E-state index is 5.93. The predicted molar refractivity (Wildman–Crippen MR) is 50.9 cm³/mol. The van der Waals surface area contributed by atoms with E-state index in [2.05, 4.69) is 18.7 Å². The molecule has 2 aliphatic rings. The summed E-state index contributed by atoms with van der Waals surface area (Å²) in [4.78, 5) is 2.60. The minimum Gasteiger partial charge on any atom is -0.328 e. The van der Waals surface area contributed by atoms with E-state index in [1.807, 2.05) is 0 Å². The molecule has 2 rings (SSSR count). The molecule has 1 heterocycles. The first kappa shape index (κ1) is 8.52. The molecular weight excluding hydrogens is 148 g/mol. The second-order valence-electron chi connectivity index (χ2n) is 4.80. The van der Waals surface area contributed by atoms with Crippen LogP contribution in [0.4, 0.5) is 0 Å². The lowest BCUT2D eigenvalue weighted by Gasteiger charge is -2.21. The van der Waals surface area contributed by atoms with E-state index in [0.717, 1.165) is 17.9 Å². The molecule has 0 aromatic heterocycles. The summed E-state index contributed by atoms with van der Waals surface area (Å²) in [5, 5.41) is 0. The Labute approximate surface area is 75.1 Å². The molecule has 0 bridgehead atoms. The van der Waals surface area contributed by atoms with Crippen LogP contribution in [-0.4, -0.2) is 30.1 Å². The van der Waals surface area contributed by atoms with Gasteiger partial charge in [0.15, 0.2) is 0 Å². The zero-order valence-electron chi connectivity index (χ0n) is 8.16. The number of likely N-dealkylation sites (tertiary alicyclic amines) is 1. The van der Waals surface area contributed by atoms with Crippen LogP contribution in [0.1, 0.15) is 26.7 Å². The van der Waals surface area contributed by atoms with Crippen molar-refractivity contribution in [2.75, 3.05) is 13.1 Å². The highest BCUT2D eigenvalue weighted by atomic mass is 15.2. The third-order valence-electron chi connectivity index (χ3n) is 3.55. The fourth-order valence-corrected chi connectivity index (χ4v) is 2.80. The van der Waals surface area contributed by atoms with Crippen LogP contribution < -0.4 is 5.73 Å². The van der Waals surface area contributed by atoms with Crippen LogP contribution >= 0.6 is 0 Å². The second-order valence-corrected chi connectivity index (χ2v) is 4.80. The van der Waals surface area contributed by atoms with Crippen molar-refractivity contribution in [1.82, 2.24) is 4.90 Å². The Morgan fingerprint density at radius 3 is 2.08 bits per heavy atom. The number of nitrogens with zero attached hydrogens (tertiary/aromatic N) is 1. The third-order valence-corrected chi connectivity index (χ3v) is 3.55. The lowest BCUT2D eigenvalue weighted by Crippen LogP contribution is -2.30. The summed E-state index contributed by atoms with van der Waals surface area (Å²) < 4.78 is 0. The van der Waals surface area contributed by atoms with Crippen LogP contribution in [-0.2, 0) is 0 Å². The Morgan fingerprint density at radius 2 is 1.67 bits per heavy atom. The van der Waals surface area contributed by atoms with E-state index < -0.39 is 0 Å². The minimum absolute atomic E-state index is 0.509. The van der Waals surface area contributed by atoms with Crippen molar-refractivity contribution in [1.29, 1.82) is 0 Å². The molecule has 12 heavy (non-hydrogen) atoms. The Hall–Kier alpha value is -0.0800. The van der Waals surface area contributed by atoms with Gasteiger partial charge >= 0.3 is 0 Å². The summed E-state index contributed by atoms with van der Waals surface area (Å²) in [7, 11) is 0. The smallest absolute Gasteiger partial charge is 0.00452 e. The third kappa shape index (κ3) is 1.38. The van der Waals surface area contributed by atoms with Crippen molar-refractivity contribution in [2.24, 2.45) is 17.6 Å². The van der Waals surface area contributed by atoms with Crippen LogP contribution in [0.3, 0.4) is 0 Å². The normalized spacial score (nSPS) is 42.5. The van der Waals surface area contributed by atoms with Gasteiger partial charge in [-0.15, -0.1) is 0 Å². The van der Waals surface area contributed by atoms with Gasteiger partial charge in [-0.05, 0) is 38.5 Å². The topological polar surface area (TPSA) is 29.3 Å². The van der Waals surface area contributed by atoms with Gasteiger partial charge in [-0.25, -0.2) is 0 Å². The summed E-state index contributed by atoms with van der Waals surface area (Å²) in [6, 6.07) is 1.24. The van der Waals surface area contributed by atoms with E-state index in [1.165, 1.54) is 25.9 Å². The molecule has 2 fully saturated rings. The fraction of sp³-hybridized carbons (Fsp3) is 1.00. The Bertz CT molecular complexity index is 153. The molecule has 0 amide bonds. The molecule has 0 spiro atoms. The van der Waals surface area contributed by atoms with Gasteiger partial charge < -0.3 is 10.6 Å². The SMILES string of the molecule is CC(C)N1C[C@H]2C[C@H](N)C[C@H]2C1.